The average molecular weight is 196 g/mol. The molecular formula is C13H24O. The largest absolute Gasteiger partial charge is 0.298 e. The quantitative estimate of drug-likeness (QED) is 0.466. The average Bonchev–Trinajstić information content (AvgIpc) is 2.17. The number of hydrogen-bond donors (Lipinski definition) is 0. The summed E-state index contributed by atoms with van der Waals surface area (Å²) in [5.41, 5.74) is 0.973. The van der Waals surface area contributed by atoms with Crippen molar-refractivity contribution in [2.75, 3.05) is 0 Å². The molecule has 1 nitrogen and oxygen atoms in total. The third-order valence-electron chi connectivity index (χ3n) is 3.11. The summed E-state index contributed by atoms with van der Waals surface area (Å²) in [5.74, 6) is 1.62. The number of rotatable bonds is 6. The molecule has 0 heterocycles. The molecule has 0 saturated carbocycles. The molecule has 2 unspecified atom stereocenters. The van der Waals surface area contributed by atoms with E-state index in [0.717, 1.165) is 18.3 Å². The van der Waals surface area contributed by atoms with Gasteiger partial charge in [-0.2, -0.15) is 0 Å². The zero-order valence-electron chi connectivity index (χ0n) is 10.2. The topological polar surface area (TPSA) is 17.1 Å². The molecule has 0 aliphatic heterocycles. The highest BCUT2D eigenvalue weighted by atomic mass is 16.1. The zero-order chi connectivity index (χ0) is 11.1. The molecule has 82 valence electrons. The van der Waals surface area contributed by atoms with E-state index in [2.05, 4.69) is 40.7 Å². The van der Waals surface area contributed by atoms with Gasteiger partial charge in [-0.1, -0.05) is 47.1 Å². The fourth-order valence-corrected chi connectivity index (χ4v) is 1.23. The van der Waals surface area contributed by atoms with E-state index in [-0.39, 0.29) is 0 Å². The first-order valence-corrected chi connectivity index (χ1v) is 5.68. The summed E-state index contributed by atoms with van der Waals surface area (Å²) in [6.07, 6.45) is 5.35. The Hall–Kier alpha value is -0.590. The van der Waals surface area contributed by atoms with Crippen molar-refractivity contribution in [2.24, 2.45) is 17.8 Å². The molecule has 0 rings (SSSR count). The molecule has 0 bridgehead atoms. The minimum atomic E-state index is 0.386. The lowest BCUT2D eigenvalue weighted by Crippen LogP contribution is -2.08. The smallest absolute Gasteiger partial charge is 0.145 e. The van der Waals surface area contributed by atoms with Gasteiger partial charge < -0.3 is 0 Å². The second-order valence-electron chi connectivity index (χ2n) is 4.60. The molecule has 14 heavy (non-hydrogen) atoms. The minimum absolute atomic E-state index is 0.386. The number of aldehydes is 1. The van der Waals surface area contributed by atoms with Crippen LogP contribution in [0.1, 0.15) is 47.5 Å². The maximum Gasteiger partial charge on any atom is 0.145 e. The van der Waals surface area contributed by atoms with Gasteiger partial charge in [0.2, 0.25) is 0 Å². The Kier molecular flexibility index (Phi) is 6.52. The third kappa shape index (κ3) is 4.59. The first-order chi connectivity index (χ1) is 6.52. The Labute approximate surface area is 88.6 Å². The van der Waals surface area contributed by atoms with Crippen molar-refractivity contribution in [3.63, 3.8) is 0 Å². The molecule has 0 amide bonds. The SMILES string of the molecule is CCC(C)CC=C(C=O)C(C)C(C)C. The number of hydrogen-bond acceptors (Lipinski definition) is 1. The van der Waals surface area contributed by atoms with Gasteiger partial charge in [-0.05, 0) is 29.7 Å². The maximum absolute atomic E-state index is 10.9. The number of allylic oxidation sites excluding steroid dienone is 2. The Morgan fingerprint density at radius 1 is 1.21 bits per heavy atom. The summed E-state index contributed by atoms with van der Waals surface area (Å²) in [5, 5.41) is 0. The van der Waals surface area contributed by atoms with Crippen LogP contribution >= 0.6 is 0 Å². The van der Waals surface area contributed by atoms with Gasteiger partial charge in [-0.15, -0.1) is 0 Å². The molecule has 0 aromatic rings. The van der Waals surface area contributed by atoms with Crippen molar-refractivity contribution in [2.45, 2.75) is 47.5 Å². The molecule has 0 aromatic heterocycles. The Bertz CT molecular complexity index is 191. The third-order valence-corrected chi connectivity index (χ3v) is 3.11. The van der Waals surface area contributed by atoms with Crippen molar-refractivity contribution in [1.29, 1.82) is 0 Å². The van der Waals surface area contributed by atoms with Crippen LogP contribution in [0.25, 0.3) is 0 Å². The van der Waals surface area contributed by atoms with Crippen LogP contribution in [0.15, 0.2) is 11.6 Å². The predicted molar refractivity (Wildman–Crippen MR) is 62.2 cm³/mol. The van der Waals surface area contributed by atoms with Crippen molar-refractivity contribution in [1.82, 2.24) is 0 Å². The lowest BCUT2D eigenvalue weighted by molar-refractivity contribution is -0.105. The van der Waals surface area contributed by atoms with Gasteiger partial charge in [0.05, 0.1) is 0 Å². The van der Waals surface area contributed by atoms with Crippen molar-refractivity contribution < 1.29 is 4.79 Å². The summed E-state index contributed by atoms with van der Waals surface area (Å²) in [7, 11) is 0. The number of carbonyl (C=O) groups excluding carboxylic acids is 1. The molecule has 0 spiro atoms. The van der Waals surface area contributed by atoms with Gasteiger partial charge in [0.15, 0.2) is 0 Å². The van der Waals surface area contributed by atoms with Crippen molar-refractivity contribution in [3.05, 3.63) is 11.6 Å². The Balaban J connectivity index is 4.32. The van der Waals surface area contributed by atoms with Crippen LogP contribution in [0.4, 0.5) is 0 Å². The van der Waals surface area contributed by atoms with E-state index in [4.69, 9.17) is 0 Å². The lowest BCUT2D eigenvalue weighted by Gasteiger charge is -2.16. The minimum Gasteiger partial charge on any atom is -0.298 e. The van der Waals surface area contributed by atoms with Crippen LogP contribution in [0.5, 0.6) is 0 Å². The highest BCUT2D eigenvalue weighted by molar-refractivity contribution is 5.73. The van der Waals surface area contributed by atoms with Crippen LogP contribution in [-0.4, -0.2) is 6.29 Å². The highest BCUT2D eigenvalue weighted by Gasteiger charge is 2.12. The number of carbonyl (C=O) groups is 1. The molecule has 0 aliphatic carbocycles. The van der Waals surface area contributed by atoms with E-state index in [1.54, 1.807) is 0 Å². The van der Waals surface area contributed by atoms with E-state index >= 15 is 0 Å². The molecule has 0 radical (unpaired) electrons. The summed E-state index contributed by atoms with van der Waals surface area (Å²) >= 11 is 0. The van der Waals surface area contributed by atoms with Gasteiger partial charge in [-0.3, -0.25) is 4.79 Å². The van der Waals surface area contributed by atoms with E-state index in [9.17, 15) is 4.79 Å². The molecule has 0 saturated heterocycles. The Morgan fingerprint density at radius 3 is 2.14 bits per heavy atom. The summed E-state index contributed by atoms with van der Waals surface area (Å²) in [4.78, 5) is 10.9. The van der Waals surface area contributed by atoms with Gasteiger partial charge in [0.25, 0.3) is 0 Å². The van der Waals surface area contributed by atoms with Crippen LogP contribution in [0.2, 0.25) is 0 Å². The predicted octanol–water partition coefficient (Wildman–Crippen LogP) is 3.84. The first kappa shape index (κ1) is 13.4. The zero-order valence-corrected chi connectivity index (χ0v) is 10.2. The van der Waals surface area contributed by atoms with Gasteiger partial charge in [0.1, 0.15) is 6.29 Å². The van der Waals surface area contributed by atoms with E-state index in [1.807, 2.05) is 0 Å². The van der Waals surface area contributed by atoms with Crippen LogP contribution in [-0.2, 0) is 4.79 Å². The van der Waals surface area contributed by atoms with Crippen LogP contribution < -0.4 is 0 Å². The van der Waals surface area contributed by atoms with Gasteiger partial charge in [0, 0.05) is 0 Å². The molecule has 2 atom stereocenters. The second kappa shape index (κ2) is 6.80. The fraction of sp³-hybridized carbons (Fsp3) is 0.769. The van der Waals surface area contributed by atoms with E-state index in [1.165, 1.54) is 6.42 Å². The normalized spacial score (nSPS) is 16.9. The second-order valence-corrected chi connectivity index (χ2v) is 4.60. The molecule has 0 aromatic carbocycles. The monoisotopic (exact) mass is 196 g/mol. The van der Waals surface area contributed by atoms with Gasteiger partial charge >= 0.3 is 0 Å². The molecule has 0 aliphatic rings. The standard InChI is InChI=1S/C13H24O/c1-6-11(4)7-8-13(9-14)12(5)10(2)3/h8-12H,6-7H2,1-5H3. The first-order valence-electron chi connectivity index (χ1n) is 5.68. The van der Waals surface area contributed by atoms with E-state index < -0.39 is 0 Å². The summed E-state index contributed by atoms with van der Waals surface area (Å²) in [6, 6.07) is 0. The maximum atomic E-state index is 10.9. The fourth-order valence-electron chi connectivity index (χ4n) is 1.23. The molecule has 1 heteroatoms. The molecule has 0 N–H and O–H groups in total. The molecular weight excluding hydrogens is 172 g/mol. The van der Waals surface area contributed by atoms with E-state index in [0.29, 0.717) is 17.8 Å². The molecule has 0 fully saturated rings. The highest BCUT2D eigenvalue weighted by Crippen LogP contribution is 2.20. The van der Waals surface area contributed by atoms with Crippen molar-refractivity contribution >= 4 is 6.29 Å². The lowest BCUT2D eigenvalue weighted by atomic mass is 9.89. The van der Waals surface area contributed by atoms with Crippen LogP contribution in [0.3, 0.4) is 0 Å². The summed E-state index contributed by atoms with van der Waals surface area (Å²) in [6.45, 7) is 10.8. The summed E-state index contributed by atoms with van der Waals surface area (Å²) < 4.78 is 0. The Morgan fingerprint density at radius 2 is 1.79 bits per heavy atom. The van der Waals surface area contributed by atoms with Crippen molar-refractivity contribution in [3.8, 4) is 0 Å². The van der Waals surface area contributed by atoms with Crippen LogP contribution in [0, 0.1) is 17.8 Å². The van der Waals surface area contributed by atoms with Gasteiger partial charge in [-0.25, -0.2) is 0 Å².